The molecule has 0 saturated carbocycles. The Morgan fingerprint density at radius 2 is 1.86 bits per heavy atom. The van der Waals surface area contributed by atoms with Crippen molar-refractivity contribution in [3.8, 4) is 11.1 Å². The van der Waals surface area contributed by atoms with Crippen molar-refractivity contribution in [3.63, 3.8) is 0 Å². The smallest absolute Gasteiger partial charge is 0.333 e. The minimum atomic E-state index is -0.341. The molecule has 21 heavy (non-hydrogen) atoms. The molecule has 0 fully saturated rings. The summed E-state index contributed by atoms with van der Waals surface area (Å²) >= 11 is 0. The lowest BCUT2D eigenvalue weighted by Crippen LogP contribution is -2.09. The van der Waals surface area contributed by atoms with Gasteiger partial charge in [0.25, 0.3) is 0 Å². The van der Waals surface area contributed by atoms with E-state index in [-0.39, 0.29) is 12.1 Å². The normalized spacial score (nSPS) is 13.2. The zero-order chi connectivity index (χ0) is 15.0. The van der Waals surface area contributed by atoms with E-state index >= 15 is 0 Å². The average Bonchev–Trinajstić information content (AvgIpc) is 2.84. The van der Waals surface area contributed by atoms with Crippen LogP contribution in [0.5, 0.6) is 0 Å². The van der Waals surface area contributed by atoms with E-state index in [0.29, 0.717) is 5.57 Å². The molecule has 2 heteroatoms. The summed E-state index contributed by atoms with van der Waals surface area (Å²) < 4.78 is 5.40. The number of carbonyl (C=O) groups excluding carboxylic acids is 1. The fraction of sp³-hybridized carbons (Fsp3) is 0.211. The van der Waals surface area contributed by atoms with E-state index in [1.807, 2.05) is 13.0 Å². The second-order valence-electron chi connectivity index (χ2n) is 5.58. The van der Waals surface area contributed by atoms with Crippen LogP contribution >= 0.6 is 0 Å². The molecule has 1 atom stereocenters. The molecule has 1 aliphatic carbocycles. The Balaban J connectivity index is 1.87. The number of carbonyl (C=O) groups is 1. The zero-order valence-corrected chi connectivity index (χ0v) is 12.3. The Kier molecular flexibility index (Phi) is 3.38. The molecular weight excluding hydrogens is 260 g/mol. The maximum atomic E-state index is 11.6. The molecule has 0 radical (unpaired) electrons. The van der Waals surface area contributed by atoms with Crippen LogP contribution in [0, 0.1) is 0 Å². The maximum absolute atomic E-state index is 11.6. The lowest BCUT2D eigenvalue weighted by Gasteiger charge is -2.15. The van der Waals surface area contributed by atoms with Gasteiger partial charge in [-0.15, -0.1) is 0 Å². The first-order valence-electron chi connectivity index (χ1n) is 7.14. The van der Waals surface area contributed by atoms with Crippen molar-refractivity contribution in [2.75, 3.05) is 0 Å². The SMILES string of the molecule is C=C(C)C(=O)OC(C)c1ccc2c(c1)Cc1ccccc1-2. The van der Waals surface area contributed by atoms with Crippen molar-refractivity contribution in [2.24, 2.45) is 0 Å². The highest BCUT2D eigenvalue weighted by molar-refractivity contribution is 5.87. The Hall–Kier alpha value is -2.35. The van der Waals surface area contributed by atoms with Crippen molar-refractivity contribution in [1.29, 1.82) is 0 Å². The van der Waals surface area contributed by atoms with Gasteiger partial charge in [0.05, 0.1) is 0 Å². The third-order valence-electron chi connectivity index (χ3n) is 3.92. The van der Waals surface area contributed by atoms with Gasteiger partial charge in [0.1, 0.15) is 6.10 Å². The van der Waals surface area contributed by atoms with Crippen LogP contribution in [0.4, 0.5) is 0 Å². The van der Waals surface area contributed by atoms with Gasteiger partial charge in [0, 0.05) is 5.57 Å². The van der Waals surface area contributed by atoms with Crippen LogP contribution in [-0.4, -0.2) is 5.97 Å². The molecule has 106 valence electrons. The van der Waals surface area contributed by atoms with Gasteiger partial charge in [-0.05, 0) is 48.1 Å². The molecule has 2 aromatic carbocycles. The molecule has 0 amide bonds. The molecule has 0 spiro atoms. The summed E-state index contributed by atoms with van der Waals surface area (Å²) in [5.41, 5.74) is 6.70. The van der Waals surface area contributed by atoms with Gasteiger partial charge in [-0.3, -0.25) is 0 Å². The van der Waals surface area contributed by atoms with E-state index in [1.54, 1.807) is 6.92 Å². The first-order chi connectivity index (χ1) is 10.1. The Bertz CT molecular complexity index is 728. The van der Waals surface area contributed by atoms with Gasteiger partial charge >= 0.3 is 5.97 Å². The van der Waals surface area contributed by atoms with E-state index in [9.17, 15) is 4.79 Å². The highest BCUT2D eigenvalue weighted by Gasteiger charge is 2.20. The minimum Gasteiger partial charge on any atom is -0.454 e. The molecule has 0 aliphatic heterocycles. The molecular formula is C19H18O2. The predicted molar refractivity (Wildman–Crippen MR) is 84.0 cm³/mol. The van der Waals surface area contributed by atoms with Gasteiger partial charge in [-0.25, -0.2) is 4.79 Å². The first kappa shape index (κ1) is 13.6. The van der Waals surface area contributed by atoms with Gasteiger partial charge < -0.3 is 4.74 Å². The highest BCUT2D eigenvalue weighted by atomic mass is 16.5. The largest absolute Gasteiger partial charge is 0.454 e. The van der Waals surface area contributed by atoms with Crippen LogP contribution in [0.1, 0.15) is 36.6 Å². The number of hydrogen-bond donors (Lipinski definition) is 0. The third kappa shape index (κ3) is 2.49. The topological polar surface area (TPSA) is 26.3 Å². The predicted octanol–water partition coefficient (Wildman–Crippen LogP) is 4.44. The van der Waals surface area contributed by atoms with Gasteiger partial charge in [0.15, 0.2) is 0 Å². The number of hydrogen-bond acceptors (Lipinski definition) is 2. The standard InChI is InChI=1S/C19H18O2/c1-12(2)19(20)21-13(3)14-8-9-18-16(10-14)11-15-6-4-5-7-17(15)18/h4-10,13H,1,11H2,2-3H3. The number of fused-ring (bicyclic) bond motifs is 3. The van der Waals surface area contributed by atoms with Crippen LogP contribution in [0.3, 0.4) is 0 Å². The summed E-state index contributed by atoms with van der Waals surface area (Å²) in [6, 6.07) is 14.8. The molecule has 1 aliphatic rings. The molecule has 0 heterocycles. The number of ether oxygens (including phenoxy) is 1. The minimum absolute atomic E-state index is 0.261. The second kappa shape index (κ2) is 5.21. The van der Waals surface area contributed by atoms with Crippen molar-refractivity contribution >= 4 is 5.97 Å². The van der Waals surface area contributed by atoms with Crippen LogP contribution in [0.15, 0.2) is 54.6 Å². The van der Waals surface area contributed by atoms with Crippen LogP contribution < -0.4 is 0 Å². The molecule has 0 bridgehead atoms. The van der Waals surface area contributed by atoms with E-state index in [2.05, 4.69) is 43.0 Å². The van der Waals surface area contributed by atoms with Gasteiger partial charge in [-0.1, -0.05) is 49.0 Å². The van der Waals surface area contributed by atoms with Gasteiger partial charge in [0.2, 0.25) is 0 Å². The Morgan fingerprint density at radius 1 is 1.14 bits per heavy atom. The number of benzene rings is 2. The van der Waals surface area contributed by atoms with Crippen molar-refractivity contribution in [1.82, 2.24) is 0 Å². The van der Waals surface area contributed by atoms with Crippen molar-refractivity contribution in [2.45, 2.75) is 26.4 Å². The van der Waals surface area contributed by atoms with E-state index < -0.39 is 0 Å². The molecule has 3 rings (SSSR count). The third-order valence-corrected chi connectivity index (χ3v) is 3.92. The zero-order valence-electron chi connectivity index (χ0n) is 12.3. The lowest BCUT2D eigenvalue weighted by molar-refractivity contribution is -0.143. The van der Waals surface area contributed by atoms with Crippen molar-refractivity contribution in [3.05, 3.63) is 71.3 Å². The summed E-state index contributed by atoms with van der Waals surface area (Å²) in [5, 5.41) is 0. The number of rotatable bonds is 3. The van der Waals surface area contributed by atoms with E-state index in [1.165, 1.54) is 22.3 Å². The summed E-state index contributed by atoms with van der Waals surface area (Å²) in [7, 11) is 0. The summed E-state index contributed by atoms with van der Waals surface area (Å²) in [5.74, 6) is -0.341. The quantitative estimate of drug-likeness (QED) is 0.523. The fourth-order valence-electron chi connectivity index (χ4n) is 2.75. The van der Waals surface area contributed by atoms with Crippen LogP contribution in [-0.2, 0) is 16.0 Å². The Labute approximate surface area is 125 Å². The number of esters is 1. The lowest BCUT2D eigenvalue weighted by atomic mass is 10.0. The first-order valence-corrected chi connectivity index (χ1v) is 7.14. The molecule has 0 saturated heterocycles. The molecule has 2 aromatic rings. The van der Waals surface area contributed by atoms with Gasteiger partial charge in [-0.2, -0.15) is 0 Å². The molecule has 2 nitrogen and oxygen atoms in total. The summed E-state index contributed by atoms with van der Waals surface area (Å²) in [6.45, 7) is 7.17. The van der Waals surface area contributed by atoms with E-state index in [0.717, 1.165) is 12.0 Å². The van der Waals surface area contributed by atoms with E-state index in [4.69, 9.17) is 4.74 Å². The Morgan fingerprint density at radius 3 is 2.62 bits per heavy atom. The average molecular weight is 278 g/mol. The van der Waals surface area contributed by atoms with Crippen molar-refractivity contribution < 1.29 is 9.53 Å². The molecule has 0 aromatic heterocycles. The molecule has 0 N–H and O–H groups in total. The fourth-order valence-corrected chi connectivity index (χ4v) is 2.75. The maximum Gasteiger partial charge on any atom is 0.333 e. The monoisotopic (exact) mass is 278 g/mol. The van der Waals surface area contributed by atoms with Crippen LogP contribution in [0.2, 0.25) is 0 Å². The molecule has 1 unspecified atom stereocenters. The summed E-state index contributed by atoms with van der Waals surface area (Å²) in [4.78, 5) is 11.6. The summed E-state index contributed by atoms with van der Waals surface area (Å²) in [6.07, 6.45) is 0.684. The van der Waals surface area contributed by atoms with Crippen LogP contribution in [0.25, 0.3) is 11.1 Å². The highest BCUT2D eigenvalue weighted by Crippen LogP contribution is 2.37. The second-order valence-corrected chi connectivity index (χ2v) is 5.58.